The molecule has 0 bridgehead atoms. The van der Waals surface area contributed by atoms with Crippen molar-refractivity contribution in [3.63, 3.8) is 0 Å². The van der Waals surface area contributed by atoms with Gasteiger partial charge in [-0.2, -0.15) is 5.10 Å². The number of aromatic nitrogens is 2. The summed E-state index contributed by atoms with van der Waals surface area (Å²) in [5, 5.41) is 4.09. The smallest absolute Gasteiger partial charge is 0.0492 e. The predicted octanol–water partition coefficient (Wildman–Crippen LogP) is 1.09. The van der Waals surface area contributed by atoms with Crippen LogP contribution in [0.25, 0.3) is 0 Å². The normalized spacial score (nSPS) is 12.0. The summed E-state index contributed by atoms with van der Waals surface area (Å²) < 4.78 is 1.89. The molecule has 0 aromatic carbocycles. The first kappa shape index (κ1) is 9.26. The Morgan fingerprint density at radius 1 is 1.58 bits per heavy atom. The van der Waals surface area contributed by atoms with Gasteiger partial charge in [0.25, 0.3) is 0 Å². The number of aryl methyl sites for hydroxylation is 2. The van der Waals surface area contributed by atoms with Crippen LogP contribution >= 0.6 is 0 Å². The van der Waals surface area contributed by atoms with Crippen molar-refractivity contribution in [2.45, 2.75) is 32.2 Å². The van der Waals surface area contributed by atoms with E-state index in [-0.39, 0.29) is 5.54 Å². The molecule has 1 rings (SSSR count). The second-order valence-electron chi connectivity index (χ2n) is 3.93. The minimum atomic E-state index is -0.0791. The Morgan fingerprint density at radius 3 is 2.67 bits per heavy atom. The number of hydrogen-bond acceptors (Lipinski definition) is 2. The topological polar surface area (TPSA) is 43.8 Å². The number of rotatable bonds is 3. The van der Waals surface area contributed by atoms with E-state index in [1.165, 1.54) is 5.69 Å². The summed E-state index contributed by atoms with van der Waals surface area (Å²) in [6.07, 6.45) is 3.81. The summed E-state index contributed by atoms with van der Waals surface area (Å²) in [4.78, 5) is 0. The molecule has 12 heavy (non-hydrogen) atoms. The van der Waals surface area contributed by atoms with Gasteiger partial charge in [0, 0.05) is 24.5 Å². The fourth-order valence-corrected chi connectivity index (χ4v) is 1.10. The van der Waals surface area contributed by atoms with Crippen LogP contribution in [0.1, 0.15) is 26.0 Å². The second-order valence-corrected chi connectivity index (χ2v) is 3.93. The first-order valence-corrected chi connectivity index (χ1v) is 4.25. The zero-order valence-electron chi connectivity index (χ0n) is 8.04. The Morgan fingerprint density at radius 2 is 2.25 bits per heavy atom. The van der Waals surface area contributed by atoms with Crippen molar-refractivity contribution in [2.24, 2.45) is 12.8 Å². The molecule has 0 aliphatic rings. The van der Waals surface area contributed by atoms with Gasteiger partial charge < -0.3 is 5.73 Å². The molecule has 0 saturated carbocycles. The molecule has 2 N–H and O–H groups in total. The fourth-order valence-electron chi connectivity index (χ4n) is 1.10. The maximum atomic E-state index is 5.87. The van der Waals surface area contributed by atoms with Crippen molar-refractivity contribution in [3.8, 4) is 0 Å². The van der Waals surface area contributed by atoms with Crippen LogP contribution in [0.2, 0.25) is 0 Å². The molecule has 0 fully saturated rings. The lowest BCUT2D eigenvalue weighted by molar-refractivity contribution is 0.468. The third kappa shape index (κ3) is 2.66. The molecule has 0 radical (unpaired) electrons. The lowest BCUT2D eigenvalue weighted by Crippen LogP contribution is -2.32. The molecule has 0 atom stereocenters. The van der Waals surface area contributed by atoms with Gasteiger partial charge in [-0.1, -0.05) is 0 Å². The number of nitrogens with zero attached hydrogens (tertiary/aromatic N) is 2. The summed E-state index contributed by atoms with van der Waals surface area (Å²) in [7, 11) is 1.96. The standard InChI is InChI=1S/C9H17N3/c1-9(2,10)6-4-8-5-7-11-12(8)3/h5,7H,4,6,10H2,1-3H3. The van der Waals surface area contributed by atoms with Gasteiger partial charge in [-0.15, -0.1) is 0 Å². The van der Waals surface area contributed by atoms with Crippen LogP contribution in [0.15, 0.2) is 12.3 Å². The van der Waals surface area contributed by atoms with E-state index in [0.717, 1.165) is 12.8 Å². The third-order valence-corrected chi connectivity index (χ3v) is 1.95. The predicted molar refractivity (Wildman–Crippen MR) is 49.8 cm³/mol. The fraction of sp³-hybridized carbons (Fsp3) is 0.667. The lowest BCUT2D eigenvalue weighted by atomic mass is 9.99. The van der Waals surface area contributed by atoms with Crippen LogP contribution in [-0.2, 0) is 13.5 Å². The van der Waals surface area contributed by atoms with E-state index in [4.69, 9.17) is 5.73 Å². The quantitative estimate of drug-likeness (QED) is 0.732. The Balaban J connectivity index is 2.49. The van der Waals surface area contributed by atoms with E-state index < -0.39 is 0 Å². The molecule has 1 aromatic heterocycles. The monoisotopic (exact) mass is 167 g/mol. The molecule has 68 valence electrons. The molecule has 1 heterocycles. The molecule has 0 amide bonds. The van der Waals surface area contributed by atoms with Gasteiger partial charge in [0.2, 0.25) is 0 Å². The minimum Gasteiger partial charge on any atom is -0.326 e. The van der Waals surface area contributed by atoms with E-state index in [1.54, 1.807) is 0 Å². The molecule has 0 unspecified atom stereocenters. The highest BCUT2D eigenvalue weighted by atomic mass is 15.2. The van der Waals surface area contributed by atoms with Crippen molar-refractivity contribution < 1.29 is 0 Å². The summed E-state index contributed by atoms with van der Waals surface area (Å²) in [6, 6.07) is 2.03. The van der Waals surface area contributed by atoms with Crippen LogP contribution < -0.4 is 5.73 Å². The molecular formula is C9H17N3. The van der Waals surface area contributed by atoms with E-state index in [0.29, 0.717) is 0 Å². The van der Waals surface area contributed by atoms with Crippen molar-refractivity contribution in [2.75, 3.05) is 0 Å². The zero-order valence-corrected chi connectivity index (χ0v) is 8.04. The van der Waals surface area contributed by atoms with Gasteiger partial charge in [0.15, 0.2) is 0 Å². The molecular weight excluding hydrogens is 150 g/mol. The van der Waals surface area contributed by atoms with Gasteiger partial charge in [-0.25, -0.2) is 0 Å². The Labute approximate surface area is 73.6 Å². The highest BCUT2D eigenvalue weighted by Crippen LogP contribution is 2.09. The van der Waals surface area contributed by atoms with Gasteiger partial charge in [-0.05, 0) is 32.8 Å². The number of nitrogens with two attached hydrogens (primary N) is 1. The summed E-state index contributed by atoms with van der Waals surface area (Å²) in [5.74, 6) is 0. The van der Waals surface area contributed by atoms with E-state index >= 15 is 0 Å². The van der Waals surface area contributed by atoms with Crippen LogP contribution in [-0.4, -0.2) is 15.3 Å². The average Bonchev–Trinajstić information content (AvgIpc) is 2.29. The molecule has 1 aromatic rings. The average molecular weight is 167 g/mol. The maximum absolute atomic E-state index is 5.87. The molecule has 0 aliphatic heterocycles. The van der Waals surface area contributed by atoms with Gasteiger partial charge >= 0.3 is 0 Å². The van der Waals surface area contributed by atoms with Crippen LogP contribution in [0.5, 0.6) is 0 Å². The van der Waals surface area contributed by atoms with Crippen LogP contribution in [0.4, 0.5) is 0 Å². The molecule has 3 heteroatoms. The van der Waals surface area contributed by atoms with Crippen LogP contribution in [0, 0.1) is 0 Å². The summed E-state index contributed by atoms with van der Waals surface area (Å²) >= 11 is 0. The summed E-state index contributed by atoms with van der Waals surface area (Å²) in [5.41, 5.74) is 7.04. The SMILES string of the molecule is Cn1nccc1CCC(C)(C)N. The zero-order chi connectivity index (χ0) is 9.19. The van der Waals surface area contributed by atoms with Crippen molar-refractivity contribution >= 4 is 0 Å². The largest absolute Gasteiger partial charge is 0.326 e. The van der Waals surface area contributed by atoms with Gasteiger partial charge in [0.1, 0.15) is 0 Å². The van der Waals surface area contributed by atoms with Gasteiger partial charge in [-0.3, -0.25) is 4.68 Å². The maximum Gasteiger partial charge on any atom is 0.0492 e. The molecule has 3 nitrogen and oxygen atoms in total. The lowest BCUT2D eigenvalue weighted by Gasteiger charge is -2.17. The first-order valence-electron chi connectivity index (χ1n) is 4.25. The van der Waals surface area contributed by atoms with Crippen LogP contribution in [0.3, 0.4) is 0 Å². The second kappa shape index (κ2) is 3.27. The van der Waals surface area contributed by atoms with Crippen molar-refractivity contribution in [1.29, 1.82) is 0 Å². The summed E-state index contributed by atoms with van der Waals surface area (Å²) in [6.45, 7) is 4.09. The molecule has 0 spiro atoms. The first-order chi connectivity index (χ1) is 5.49. The van der Waals surface area contributed by atoms with E-state index in [2.05, 4.69) is 5.10 Å². The Hall–Kier alpha value is -0.830. The Bertz CT molecular complexity index is 245. The van der Waals surface area contributed by atoms with Gasteiger partial charge in [0.05, 0.1) is 0 Å². The molecule has 0 saturated heterocycles. The number of hydrogen-bond donors (Lipinski definition) is 1. The minimum absolute atomic E-state index is 0.0791. The third-order valence-electron chi connectivity index (χ3n) is 1.95. The molecule has 0 aliphatic carbocycles. The van der Waals surface area contributed by atoms with E-state index in [1.807, 2.05) is 37.8 Å². The van der Waals surface area contributed by atoms with Crippen molar-refractivity contribution in [3.05, 3.63) is 18.0 Å². The Kier molecular flexibility index (Phi) is 2.52. The highest BCUT2D eigenvalue weighted by Gasteiger charge is 2.11. The highest BCUT2D eigenvalue weighted by molar-refractivity contribution is 5.00. The van der Waals surface area contributed by atoms with Crippen molar-refractivity contribution in [1.82, 2.24) is 9.78 Å². The van der Waals surface area contributed by atoms with E-state index in [9.17, 15) is 0 Å².